The molecule has 8 heteroatoms. The lowest BCUT2D eigenvalue weighted by molar-refractivity contribution is -0.117. The molecule has 1 aromatic heterocycles. The number of unbranched alkanes of at least 4 members (excludes halogenated alkanes) is 1. The van der Waals surface area contributed by atoms with E-state index in [2.05, 4.69) is 25.4 Å². The van der Waals surface area contributed by atoms with Gasteiger partial charge in [0.25, 0.3) is 0 Å². The summed E-state index contributed by atoms with van der Waals surface area (Å²) in [7, 11) is 0. The SMILES string of the molecule is CCCCNC(=O)NC(=O)CSc1nnc(C)n1C1CC1. The molecule has 0 unspecified atom stereocenters. The van der Waals surface area contributed by atoms with Crippen LogP contribution in [0.25, 0.3) is 0 Å². The Labute approximate surface area is 128 Å². The molecule has 1 heterocycles. The van der Waals surface area contributed by atoms with Crippen LogP contribution in [0.3, 0.4) is 0 Å². The number of carbonyl (C=O) groups excluding carboxylic acids is 2. The van der Waals surface area contributed by atoms with Crippen LogP contribution < -0.4 is 10.6 Å². The van der Waals surface area contributed by atoms with E-state index in [1.807, 2.05) is 13.8 Å². The van der Waals surface area contributed by atoms with E-state index < -0.39 is 6.03 Å². The molecule has 1 aliphatic carbocycles. The predicted molar refractivity (Wildman–Crippen MR) is 80.2 cm³/mol. The number of nitrogens with one attached hydrogen (secondary N) is 2. The quantitative estimate of drug-likeness (QED) is 0.590. The number of hydrogen-bond acceptors (Lipinski definition) is 5. The molecule has 7 nitrogen and oxygen atoms in total. The van der Waals surface area contributed by atoms with Crippen molar-refractivity contribution in [3.05, 3.63) is 5.82 Å². The topological polar surface area (TPSA) is 88.9 Å². The lowest BCUT2D eigenvalue weighted by atomic mass is 10.3. The normalized spacial score (nSPS) is 14.0. The summed E-state index contributed by atoms with van der Waals surface area (Å²) in [5.41, 5.74) is 0. The molecule has 0 aromatic carbocycles. The first kappa shape index (κ1) is 15.8. The van der Waals surface area contributed by atoms with Crippen molar-refractivity contribution in [1.82, 2.24) is 25.4 Å². The van der Waals surface area contributed by atoms with Crippen LogP contribution in [0.15, 0.2) is 5.16 Å². The molecule has 21 heavy (non-hydrogen) atoms. The maximum atomic E-state index is 11.7. The van der Waals surface area contributed by atoms with Gasteiger partial charge in [0.1, 0.15) is 5.82 Å². The van der Waals surface area contributed by atoms with Gasteiger partial charge in [0.2, 0.25) is 5.91 Å². The maximum Gasteiger partial charge on any atom is 0.321 e. The summed E-state index contributed by atoms with van der Waals surface area (Å²) in [6.07, 6.45) is 4.18. The number of thioether (sulfide) groups is 1. The summed E-state index contributed by atoms with van der Waals surface area (Å²) in [6.45, 7) is 4.54. The smallest absolute Gasteiger partial charge is 0.321 e. The first-order valence-corrected chi connectivity index (χ1v) is 8.22. The van der Waals surface area contributed by atoms with Gasteiger partial charge >= 0.3 is 6.03 Å². The monoisotopic (exact) mass is 311 g/mol. The fourth-order valence-electron chi connectivity index (χ4n) is 1.92. The molecule has 0 radical (unpaired) electrons. The highest BCUT2D eigenvalue weighted by atomic mass is 32.2. The molecule has 116 valence electrons. The van der Waals surface area contributed by atoms with Crippen LogP contribution in [0.2, 0.25) is 0 Å². The van der Waals surface area contributed by atoms with Gasteiger partial charge in [-0.1, -0.05) is 25.1 Å². The zero-order valence-electron chi connectivity index (χ0n) is 12.4. The number of aryl methyl sites for hydroxylation is 1. The van der Waals surface area contributed by atoms with Gasteiger partial charge in [-0.25, -0.2) is 4.79 Å². The third-order valence-corrected chi connectivity index (χ3v) is 4.09. The fraction of sp³-hybridized carbons (Fsp3) is 0.692. The van der Waals surface area contributed by atoms with Crippen molar-refractivity contribution >= 4 is 23.7 Å². The zero-order chi connectivity index (χ0) is 15.2. The van der Waals surface area contributed by atoms with Gasteiger partial charge in [-0.05, 0) is 26.2 Å². The number of imide groups is 1. The van der Waals surface area contributed by atoms with Gasteiger partial charge in [-0.2, -0.15) is 0 Å². The molecule has 0 spiro atoms. The van der Waals surface area contributed by atoms with Crippen molar-refractivity contribution in [2.45, 2.75) is 50.7 Å². The Kier molecular flexibility index (Phi) is 5.60. The van der Waals surface area contributed by atoms with E-state index in [0.29, 0.717) is 12.6 Å². The molecule has 0 bridgehead atoms. The largest absolute Gasteiger partial charge is 0.338 e. The minimum absolute atomic E-state index is 0.159. The van der Waals surface area contributed by atoms with Gasteiger partial charge in [-0.15, -0.1) is 10.2 Å². The molecule has 3 amide bonds. The van der Waals surface area contributed by atoms with Gasteiger partial charge in [0.05, 0.1) is 5.75 Å². The van der Waals surface area contributed by atoms with E-state index in [4.69, 9.17) is 0 Å². The second kappa shape index (κ2) is 7.44. The maximum absolute atomic E-state index is 11.7. The lowest BCUT2D eigenvalue weighted by Gasteiger charge is -2.07. The lowest BCUT2D eigenvalue weighted by Crippen LogP contribution is -2.40. The molecule has 1 aromatic rings. The van der Waals surface area contributed by atoms with Gasteiger partial charge in [-0.3, -0.25) is 10.1 Å². The van der Waals surface area contributed by atoms with E-state index in [9.17, 15) is 9.59 Å². The first-order chi connectivity index (χ1) is 10.1. The van der Waals surface area contributed by atoms with Crippen LogP contribution in [0, 0.1) is 6.92 Å². The molecular formula is C13H21N5O2S. The summed E-state index contributed by atoms with van der Waals surface area (Å²) < 4.78 is 2.07. The summed E-state index contributed by atoms with van der Waals surface area (Å²) >= 11 is 1.31. The van der Waals surface area contributed by atoms with Crippen LogP contribution in [0.1, 0.15) is 44.5 Å². The van der Waals surface area contributed by atoms with E-state index in [0.717, 1.165) is 36.7 Å². The highest BCUT2D eigenvalue weighted by molar-refractivity contribution is 7.99. The Bertz CT molecular complexity index is 513. The minimum atomic E-state index is -0.436. The average molecular weight is 311 g/mol. The van der Waals surface area contributed by atoms with Crippen molar-refractivity contribution in [1.29, 1.82) is 0 Å². The number of nitrogens with zero attached hydrogens (tertiary/aromatic N) is 3. The third-order valence-electron chi connectivity index (χ3n) is 3.15. The van der Waals surface area contributed by atoms with E-state index in [1.54, 1.807) is 0 Å². The van der Waals surface area contributed by atoms with Crippen molar-refractivity contribution in [2.24, 2.45) is 0 Å². The molecule has 2 rings (SSSR count). The number of amides is 3. The van der Waals surface area contributed by atoms with E-state index in [-0.39, 0.29) is 11.7 Å². The Morgan fingerprint density at radius 2 is 2.14 bits per heavy atom. The molecule has 1 fully saturated rings. The molecule has 1 saturated carbocycles. The molecular weight excluding hydrogens is 290 g/mol. The number of rotatable bonds is 7. The number of urea groups is 1. The van der Waals surface area contributed by atoms with Crippen LogP contribution in [0.5, 0.6) is 0 Å². The van der Waals surface area contributed by atoms with Crippen molar-refractivity contribution in [3.8, 4) is 0 Å². The van der Waals surface area contributed by atoms with Crippen LogP contribution in [0.4, 0.5) is 4.79 Å². The van der Waals surface area contributed by atoms with Crippen LogP contribution >= 0.6 is 11.8 Å². The van der Waals surface area contributed by atoms with Crippen LogP contribution in [-0.2, 0) is 4.79 Å². The number of carbonyl (C=O) groups is 2. The Hall–Kier alpha value is -1.57. The first-order valence-electron chi connectivity index (χ1n) is 7.23. The number of hydrogen-bond donors (Lipinski definition) is 2. The van der Waals surface area contributed by atoms with Gasteiger partial charge in [0, 0.05) is 12.6 Å². The minimum Gasteiger partial charge on any atom is -0.338 e. The number of aromatic nitrogens is 3. The molecule has 0 atom stereocenters. The highest BCUT2D eigenvalue weighted by Gasteiger charge is 2.28. The zero-order valence-corrected chi connectivity index (χ0v) is 13.2. The van der Waals surface area contributed by atoms with Gasteiger partial charge in [0.15, 0.2) is 5.16 Å². The van der Waals surface area contributed by atoms with E-state index in [1.165, 1.54) is 11.8 Å². The Balaban J connectivity index is 1.75. The van der Waals surface area contributed by atoms with Gasteiger partial charge < -0.3 is 9.88 Å². The summed E-state index contributed by atoms with van der Waals surface area (Å²) in [6, 6.07) is 0.0387. The standard InChI is InChI=1S/C13H21N5O2S/c1-3-4-7-14-12(20)15-11(19)8-21-13-17-16-9(2)18(13)10-5-6-10/h10H,3-8H2,1-2H3,(H2,14,15,19,20). The van der Waals surface area contributed by atoms with Crippen molar-refractivity contribution in [3.63, 3.8) is 0 Å². The predicted octanol–water partition coefficient (Wildman–Crippen LogP) is 1.64. The third kappa shape index (κ3) is 4.73. The molecule has 1 aliphatic rings. The molecule has 0 aliphatic heterocycles. The molecule has 0 saturated heterocycles. The van der Waals surface area contributed by atoms with Crippen molar-refractivity contribution in [2.75, 3.05) is 12.3 Å². The average Bonchev–Trinajstić information content (AvgIpc) is 3.20. The van der Waals surface area contributed by atoms with Crippen LogP contribution in [-0.4, -0.2) is 39.0 Å². The van der Waals surface area contributed by atoms with Crippen molar-refractivity contribution < 1.29 is 9.59 Å². The summed E-state index contributed by atoms with van der Waals surface area (Å²) in [4.78, 5) is 23.2. The second-order valence-electron chi connectivity index (χ2n) is 5.08. The highest BCUT2D eigenvalue weighted by Crippen LogP contribution is 2.38. The Morgan fingerprint density at radius 3 is 2.81 bits per heavy atom. The van der Waals surface area contributed by atoms with E-state index >= 15 is 0 Å². The fourth-order valence-corrected chi connectivity index (χ4v) is 2.77. The summed E-state index contributed by atoms with van der Waals surface area (Å²) in [5, 5.41) is 13.8. The molecule has 2 N–H and O–H groups in total. The second-order valence-corrected chi connectivity index (χ2v) is 6.02. The summed E-state index contributed by atoms with van der Waals surface area (Å²) in [5.74, 6) is 0.709. The Morgan fingerprint density at radius 1 is 1.38 bits per heavy atom.